The van der Waals surface area contributed by atoms with E-state index in [1.807, 2.05) is 0 Å². The second-order valence-corrected chi connectivity index (χ2v) is 12.2. The van der Waals surface area contributed by atoms with Crippen molar-refractivity contribution in [2.24, 2.45) is 0 Å². The molecule has 8 heteroatoms. The Morgan fingerprint density at radius 2 is 0.743 bits per heavy atom. The Morgan fingerprint density at radius 3 is 0.971 bits per heavy atom. The number of aryl methyl sites for hydroxylation is 6. The zero-order chi connectivity index (χ0) is 25.4. The second kappa shape index (κ2) is 12.7. The first-order chi connectivity index (χ1) is 17.0. The first kappa shape index (κ1) is 27.4. The van der Waals surface area contributed by atoms with Crippen LogP contribution in [0.2, 0.25) is 0 Å². The van der Waals surface area contributed by atoms with Crippen LogP contribution in [0.25, 0.3) is 0 Å². The van der Waals surface area contributed by atoms with Gasteiger partial charge in [0, 0.05) is 17.1 Å². The summed E-state index contributed by atoms with van der Waals surface area (Å²) in [5.41, 5.74) is 5.86. The van der Waals surface area contributed by atoms with Crippen LogP contribution in [0.4, 0.5) is 0 Å². The summed E-state index contributed by atoms with van der Waals surface area (Å²) in [5, 5.41) is 27.0. The molecule has 0 aliphatic rings. The highest BCUT2D eigenvalue weighted by Crippen LogP contribution is 2.48. The van der Waals surface area contributed by atoms with Crippen LogP contribution in [0.3, 0.4) is 0 Å². The SMILES string of the molecule is CCCc1n[nH]c(CCC)c1P(=O)(c1c(CCC)n[nH]c1CCC)c1c(CCC)n[nH]c1CCC. The van der Waals surface area contributed by atoms with Gasteiger partial charge in [-0.15, -0.1) is 0 Å². The minimum Gasteiger partial charge on any atom is -0.308 e. The molecule has 0 saturated carbocycles. The molecule has 0 saturated heterocycles. The van der Waals surface area contributed by atoms with Crippen molar-refractivity contribution in [2.75, 3.05) is 0 Å². The highest BCUT2D eigenvalue weighted by Gasteiger charge is 2.44. The number of hydrogen-bond donors (Lipinski definition) is 3. The summed E-state index contributed by atoms with van der Waals surface area (Å²) in [6.45, 7) is 13.0. The molecule has 0 radical (unpaired) electrons. The van der Waals surface area contributed by atoms with Crippen LogP contribution < -0.4 is 15.9 Å². The molecular formula is C27H45N6OP. The molecule has 3 rings (SSSR count). The van der Waals surface area contributed by atoms with E-state index < -0.39 is 7.14 Å². The number of nitrogens with one attached hydrogen (secondary N) is 3. The minimum absolute atomic E-state index is 0.799. The van der Waals surface area contributed by atoms with Crippen LogP contribution >= 0.6 is 7.14 Å². The van der Waals surface area contributed by atoms with Gasteiger partial charge in [0.25, 0.3) is 0 Å². The van der Waals surface area contributed by atoms with Gasteiger partial charge in [0.1, 0.15) is 0 Å². The molecule has 3 aromatic rings. The average Bonchev–Trinajstić information content (AvgIpc) is 3.54. The van der Waals surface area contributed by atoms with Gasteiger partial charge in [0.2, 0.25) is 0 Å². The van der Waals surface area contributed by atoms with E-state index in [1.165, 1.54) is 0 Å². The lowest BCUT2D eigenvalue weighted by Crippen LogP contribution is -2.34. The highest BCUT2D eigenvalue weighted by molar-refractivity contribution is 7.85. The number of H-pyrrole nitrogens is 3. The summed E-state index contributed by atoms with van der Waals surface area (Å²) < 4.78 is 16.2. The maximum absolute atomic E-state index is 16.2. The number of rotatable bonds is 15. The first-order valence-electron chi connectivity index (χ1n) is 13.8. The summed E-state index contributed by atoms with van der Waals surface area (Å²) in [4.78, 5) is 0. The molecule has 0 unspecified atom stereocenters. The Balaban J connectivity index is 2.50. The first-order valence-corrected chi connectivity index (χ1v) is 15.5. The number of hydrogen-bond acceptors (Lipinski definition) is 4. The standard InChI is InChI=1S/C27H45N6OP/c1-7-13-19-25(20(14-8-2)29-28-19)35(34,26-21(15-9-3)30-31-22(26)16-10-4)27-23(17-11-5)32-33-24(27)18-12-6/h7-18H2,1-6H3,(H,28,29)(H,30,31)(H,32,33). The summed E-state index contributed by atoms with van der Waals surface area (Å²) in [6, 6.07) is 0. The van der Waals surface area contributed by atoms with Crippen molar-refractivity contribution in [1.82, 2.24) is 30.6 Å². The maximum atomic E-state index is 16.2. The molecule has 3 N–H and O–H groups in total. The van der Waals surface area contributed by atoms with E-state index in [0.29, 0.717) is 0 Å². The molecule has 35 heavy (non-hydrogen) atoms. The number of nitrogens with zero attached hydrogens (tertiary/aromatic N) is 3. The Hall–Kier alpha value is -2.14. The third-order valence-corrected chi connectivity index (χ3v) is 10.0. The van der Waals surface area contributed by atoms with Crippen molar-refractivity contribution in [3.05, 3.63) is 34.2 Å². The largest absolute Gasteiger partial charge is 0.308 e. The van der Waals surface area contributed by atoms with E-state index in [2.05, 4.69) is 56.8 Å². The quantitative estimate of drug-likeness (QED) is 0.249. The van der Waals surface area contributed by atoms with Gasteiger partial charge in [-0.3, -0.25) is 15.3 Å². The van der Waals surface area contributed by atoms with Crippen LogP contribution in [0.5, 0.6) is 0 Å². The monoisotopic (exact) mass is 500 g/mol. The summed E-state index contributed by atoms with van der Waals surface area (Å²) in [7, 11) is -3.32. The molecular weight excluding hydrogens is 455 g/mol. The smallest absolute Gasteiger partial charge is 0.181 e. The van der Waals surface area contributed by atoms with E-state index >= 15 is 4.57 Å². The Labute approximate surface area is 211 Å². The van der Waals surface area contributed by atoms with Crippen LogP contribution in [0, 0.1) is 0 Å². The minimum atomic E-state index is -3.32. The molecule has 0 atom stereocenters. The topological polar surface area (TPSA) is 103 Å². The lowest BCUT2D eigenvalue weighted by Gasteiger charge is -2.24. The normalized spacial score (nSPS) is 12.1. The van der Waals surface area contributed by atoms with E-state index in [1.54, 1.807) is 0 Å². The zero-order valence-electron chi connectivity index (χ0n) is 22.7. The number of aromatic nitrogens is 6. The molecule has 0 aliphatic heterocycles. The van der Waals surface area contributed by atoms with Crippen molar-refractivity contribution >= 4 is 23.1 Å². The summed E-state index contributed by atoms with van der Waals surface area (Å²) in [5.74, 6) is 0. The van der Waals surface area contributed by atoms with Crippen molar-refractivity contribution in [1.29, 1.82) is 0 Å². The van der Waals surface area contributed by atoms with Gasteiger partial charge in [0.05, 0.1) is 33.0 Å². The molecule has 194 valence electrons. The van der Waals surface area contributed by atoms with Gasteiger partial charge in [-0.1, -0.05) is 80.1 Å². The third-order valence-electron chi connectivity index (χ3n) is 6.56. The molecule has 0 aliphatic carbocycles. The van der Waals surface area contributed by atoms with Crippen molar-refractivity contribution in [3.8, 4) is 0 Å². The predicted octanol–water partition coefficient (Wildman–Crippen LogP) is 5.21. The molecule has 3 aromatic heterocycles. The number of aromatic amines is 3. The van der Waals surface area contributed by atoms with Gasteiger partial charge in [-0.25, -0.2) is 0 Å². The van der Waals surface area contributed by atoms with Gasteiger partial charge in [-0.2, -0.15) is 15.3 Å². The predicted molar refractivity (Wildman–Crippen MR) is 146 cm³/mol. The van der Waals surface area contributed by atoms with Gasteiger partial charge < -0.3 is 4.57 Å². The summed E-state index contributed by atoms with van der Waals surface area (Å²) >= 11 is 0. The molecule has 0 amide bonds. The molecule has 0 bridgehead atoms. The third kappa shape index (κ3) is 5.35. The fourth-order valence-electron chi connectivity index (χ4n) is 5.20. The van der Waals surface area contributed by atoms with Gasteiger partial charge in [0.15, 0.2) is 7.14 Å². The molecule has 7 nitrogen and oxygen atoms in total. The van der Waals surface area contributed by atoms with Crippen LogP contribution in [-0.2, 0) is 43.1 Å². The Kier molecular flexibility index (Phi) is 9.97. The van der Waals surface area contributed by atoms with Gasteiger partial charge >= 0.3 is 0 Å². The molecule has 3 heterocycles. The average molecular weight is 501 g/mol. The Bertz CT molecular complexity index is 916. The summed E-state index contributed by atoms with van der Waals surface area (Å²) in [6.07, 6.45) is 10.6. The molecule has 0 fully saturated rings. The maximum Gasteiger partial charge on any atom is 0.181 e. The second-order valence-electron chi connectivity index (χ2n) is 9.60. The van der Waals surface area contributed by atoms with E-state index in [4.69, 9.17) is 15.3 Å². The van der Waals surface area contributed by atoms with Crippen molar-refractivity contribution in [2.45, 2.75) is 119 Å². The van der Waals surface area contributed by atoms with E-state index in [0.717, 1.165) is 127 Å². The zero-order valence-corrected chi connectivity index (χ0v) is 23.6. The van der Waals surface area contributed by atoms with Crippen molar-refractivity contribution in [3.63, 3.8) is 0 Å². The molecule has 0 spiro atoms. The van der Waals surface area contributed by atoms with Crippen LogP contribution in [0.15, 0.2) is 0 Å². The highest BCUT2D eigenvalue weighted by atomic mass is 31.2. The van der Waals surface area contributed by atoms with E-state index in [-0.39, 0.29) is 0 Å². The lowest BCUT2D eigenvalue weighted by atomic mass is 10.2. The van der Waals surface area contributed by atoms with Gasteiger partial charge in [-0.05, 0) is 38.5 Å². The van der Waals surface area contributed by atoms with Crippen LogP contribution in [0.1, 0.15) is 114 Å². The fourth-order valence-corrected chi connectivity index (χ4v) is 9.07. The lowest BCUT2D eigenvalue weighted by molar-refractivity contribution is 0.591. The fraction of sp³-hybridized carbons (Fsp3) is 0.667. The Morgan fingerprint density at radius 1 is 0.486 bits per heavy atom. The van der Waals surface area contributed by atoms with Crippen molar-refractivity contribution < 1.29 is 4.57 Å². The molecule has 0 aromatic carbocycles. The van der Waals surface area contributed by atoms with Crippen LogP contribution in [-0.4, -0.2) is 30.6 Å². The van der Waals surface area contributed by atoms with E-state index in [9.17, 15) is 0 Å².